The summed E-state index contributed by atoms with van der Waals surface area (Å²) in [6.45, 7) is 20.0. The fourth-order valence-corrected chi connectivity index (χ4v) is 12.1. The largest absolute Gasteiger partial charge is 0.462 e. The molecule has 7 rings (SSSR count). The van der Waals surface area contributed by atoms with E-state index in [0.29, 0.717) is 50.1 Å². The number of methoxy groups -OCH3 is 1. The van der Waals surface area contributed by atoms with Gasteiger partial charge in [0.25, 0.3) is 0 Å². The van der Waals surface area contributed by atoms with E-state index in [1.165, 1.54) is 11.1 Å². The summed E-state index contributed by atoms with van der Waals surface area (Å²) in [7, 11) is 1.65. The molecule has 11 heteroatoms. The Morgan fingerprint density at radius 1 is 0.817 bits per heavy atom. The Balaban J connectivity index is 0.00000114. The van der Waals surface area contributed by atoms with Crippen molar-refractivity contribution in [1.82, 2.24) is 5.32 Å². The Labute approximate surface area is 362 Å². The lowest BCUT2D eigenvalue weighted by molar-refractivity contribution is -0.189. The second kappa shape index (κ2) is 19.5. The first-order chi connectivity index (χ1) is 28.4. The van der Waals surface area contributed by atoms with Crippen molar-refractivity contribution >= 4 is 11.9 Å². The normalized spacial score (nSPS) is 44.4. The number of carbonyl (C=O) groups is 2. The highest BCUT2D eigenvalue weighted by Gasteiger charge is 2.71. The van der Waals surface area contributed by atoms with E-state index in [2.05, 4.69) is 59.0 Å². The second-order valence-corrected chi connectivity index (χ2v) is 21.0. The van der Waals surface area contributed by atoms with Gasteiger partial charge < -0.3 is 44.6 Å². The molecule has 342 valence electrons. The SMILES string of the molecule is CC=C(C)C.COC1C(OC(=O)CC2CCC(N)CC2)CCC2(CNC3CCC(CC(=O)OC4CC[C@]5(CO5)C([C@@]5(C)O[C@@H]5CC=C(C)C)C4C)CC3)OC(C)C(C)(O)C12. The van der Waals surface area contributed by atoms with Crippen molar-refractivity contribution in [2.45, 2.75) is 224 Å². The molecule has 4 saturated carbocycles. The summed E-state index contributed by atoms with van der Waals surface area (Å²) in [5, 5.41) is 15.7. The summed E-state index contributed by atoms with van der Waals surface area (Å²) in [6, 6.07) is 0.531. The zero-order chi connectivity index (χ0) is 43.6. The summed E-state index contributed by atoms with van der Waals surface area (Å²) in [4.78, 5) is 26.5. The summed E-state index contributed by atoms with van der Waals surface area (Å²) in [6.07, 6.45) is 15.6. The molecule has 3 saturated heterocycles. The van der Waals surface area contributed by atoms with Crippen molar-refractivity contribution in [3.63, 3.8) is 0 Å². The molecule has 9 unspecified atom stereocenters. The van der Waals surface area contributed by atoms with Gasteiger partial charge in [-0.05, 0) is 151 Å². The number of esters is 2. The zero-order valence-corrected chi connectivity index (χ0v) is 38.9. The number of hydrogen-bond donors (Lipinski definition) is 3. The van der Waals surface area contributed by atoms with Crippen LogP contribution in [-0.2, 0) is 38.0 Å². The highest BCUT2D eigenvalue weighted by atomic mass is 16.6. The zero-order valence-electron chi connectivity index (χ0n) is 38.9. The van der Waals surface area contributed by atoms with Crippen LogP contribution in [0.4, 0.5) is 0 Å². The van der Waals surface area contributed by atoms with Crippen molar-refractivity contribution in [3.8, 4) is 0 Å². The third-order valence-electron chi connectivity index (χ3n) is 16.1. The van der Waals surface area contributed by atoms with E-state index < -0.39 is 29.5 Å². The lowest BCUT2D eigenvalue weighted by Crippen LogP contribution is -2.62. The van der Waals surface area contributed by atoms with Gasteiger partial charge in [-0.3, -0.25) is 9.59 Å². The molecule has 1 spiro atoms. The summed E-state index contributed by atoms with van der Waals surface area (Å²) < 4.78 is 37.6. The molecule has 60 heavy (non-hydrogen) atoms. The van der Waals surface area contributed by atoms with Crippen molar-refractivity contribution in [1.29, 1.82) is 0 Å². The van der Waals surface area contributed by atoms with Gasteiger partial charge in [0.15, 0.2) is 0 Å². The Morgan fingerprint density at radius 2 is 1.38 bits per heavy atom. The fraction of sp³-hybridized carbons (Fsp3) is 0.878. The quantitative estimate of drug-likeness (QED) is 0.0943. The average molecular weight is 843 g/mol. The number of rotatable bonds is 13. The lowest BCUT2D eigenvalue weighted by atomic mass is 9.64. The maximum absolute atomic E-state index is 13.4. The smallest absolute Gasteiger partial charge is 0.306 e. The Hall–Kier alpha value is -1.86. The van der Waals surface area contributed by atoms with Crippen molar-refractivity contribution in [2.75, 3.05) is 20.3 Å². The number of hydrogen-bond acceptors (Lipinski definition) is 11. The third-order valence-corrected chi connectivity index (χ3v) is 16.1. The van der Waals surface area contributed by atoms with Crippen LogP contribution in [0.2, 0.25) is 0 Å². The highest BCUT2D eigenvalue weighted by Crippen LogP contribution is 2.61. The third kappa shape index (κ3) is 10.7. The minimum Gasteiger partial charge on any atom is -0.462 e. The maximum Gasteiger partial charge on any atom is 0.306 e. The van der Waals surface area contributed by atoms with Gasteiger partial charge in [-0.1, -0.05) is 30.2 Å². The van der Waals surface area contributed by atoms with Crippen LogP contribution in [0.15, 0.2) is 23.3 Å². The minimum absolute atomic E-state index is 0.0778. The molecule has 11 nitrogen and oxygen atoms in total. The predicted molar refractivity (Wildman–Crippen MR) is 233 cm³/mol. The van der Waals surface area contributed by atoms with E-state index >= 15 is 0 Å². The molecule has 0 radical (unpaired) electrons. The van der Waals surface area contributed by atoms with Crippen LogP contribution >= 0.6 is 0 Å². The Kier molecular flexibility index (Phi) is 15.5. The molecule has 3 heterocycles. The molecule has 3 aliphatic heterocycles. The van der Waals surface area contributed by atoms with Crippen molar-refractivity contribution < 1.29 is 43.1 Å². The van der Waals surface area contributed by atoms with E-state index in [-0.39, 0.29) is 59.1 Å². The van der Waals surface area contributed by atoms with Crippen LogP contribution in [-0.4, -0.2) is 102 Å². The molecular weight excluding hydrogens is 761 g/mol. The van der Waals surface area contributed by atoms with Crippen LogP contribution in [0.3, 0.4) is 0 Å². The van der Waals surface area contributed by atoms with E-state index in [1.54, 1.807) is 7.11 Å². The summed E-state index contributed by atoms with van der Waals surface area (Å²) >= 11 is 0. The van der Waals surface area contributed by atoms with Gasteiger partial charge in [0.05, 0.1) is 47.1 Å². The number of nitrogens with one attached hydrogen (secondary N) is 1. The van der Waals surface area contributed by atoms with Gasteiger partial charge in [-0.2, -0.15) is 0 Å². The molecule has 4 N–H and O–H groups in total. The number of fused-ring (bicyclic) bond motifs is 1. The first-order valence-corrected chi connectivity index (χ1v) is 23.7. The predicted octanol–water partition coefficient (Wildman–Crippen LogP) is 7.89. The molecule has 0 amide bonds. The van der Waals surface area contributed by atoms with E-state index in [0.717, 1.165) is 77.2 Å². The topological polar surface area (TPSA) is 154 Å². The number of aliphatic hydroxyl groups is 1. The molecule has 0 aromatic carbocycles. The number of epoxide rings is 2. The molecule has 4 aliphatic carbocycles. The standard InChI is InChI=1S/C44H72N2O9.C5H10/c1-26(2)8-17-35-42(6,55-35)39-27(3)33(18-21-44(39)25-51-44)52-36(47)23-30-11-15-32(16-12-30)46-24-43-20-19-34(38(50-7)40(43)41(5,49)28(4)54-43)53-37(48)22-29-9-13-31(45)14-10-29;1-4-5(2)3/h8,27-35,38-40,46,49H,9-25,45H2,1-7H3;4H,1-3H3/t27?,28?,29?,30?,31?,32?,33?,34?,35-,38?,39?,40?,41?,42+,43?,44+;/m1./s1. The van der Waals surface area contributed by atoms with Gasteiger partial charge in [-0.25, -0.2) is 0 Å². The summed E-state index contributed by atoms with van der Waals surface area (Å²) in [5.74, 6) is 0.384. The number of carbonyl (C=O) groups excluding carboxylic acids is 2. The van der Waals surface area contributed by atoms with Crippen molar-refractivity contribution in [3.05, 3.63) is 23.3 Å². The van der Waals surface area contributed by atoms with Gasteiger partial charge >= 0.3 is 11.9 Å². The van der Waals surface area contributed by atoms with E-state index in [9.17, 15) is 14.7 Å². The van der Waals surface area contributed by atoms with Crippen LogP contribution in [0, 0.1) is 29.6 Å². The van der Waals surface area contributed by atoms with Gasteiger partial charge in [-0.15, -0.1) is 0 Å². The van der Waals surface area contributed by atoms with Crippen LogP contribution in [0.1, 0.15) is 159 Å². The van der Waals surface area contributed by atoms with Crippen LogP contribution < -0.4 is 11.1 Å². The monoisotopic (exact) mass is 843 g/mol. The molecule has 0 aromatic heterocycles. The average Bonchev–Trinajstić information content (AvgIpc) is 4.10. The molecule has 0 aromatic rings. The highest BCUT2D eigenvalue weighted by molar-refractivity contribution is 5.70. The Morgan fingerprint density at radius 3 is 1.93 bits per heavy atom. The summed E-state index contributed by atoms with van der Waals surface area (Å²) in [5.41, 5.74) is 6.61. The van der Waals surface area contributed by atoms with Crippen LogP contribution in [0.25, 0.3) is 0 Å². The lowest BCUT2D eigenvalue weighted by Gasteiger charge is -2.48. The molecular formula is C49H82N2O9. The van der Waals surface area contributed by atoms with Gasteiger partial charge in [0.1, 0.15) is 18.3 Å². The maximum atomic E-state index is 13.4. The van der Waals surface area contributed by atoms with E-state index in [4.69, 9.17) is 34.2 Å². The van der Waals surface area contributed by atoms with Gasteiger partial charge in [0, 0.05) is 50.4 Å². The second-order valence-electron chi connectivity index (χ2n) is 21.0. The number of ether oxygens (including phenoxy) is 6. The van der Waals surface area contributed by atoms with E-state index in [1.807, 2.05) is 20.8 Å². The Bertz CT molecular complexity index is 1520. The van der Waals surface area contributed by atoms with Crippen LogP contribution in [0.5, 0.6) is 0 Å². The number of nitrogens with two attached hydrogens (primary N) is 1. The first-order valence-electron chi connectivity index (χ1n) is 23.7. The molecule has 7 fully saturated rings. The minimum atomic E-state index is -1.15. The molecule has 7 aliphatic rings. The first kappa shape index (κ1) is 47.6. The fourth-order valence-electron chi connectivity index (χ4n) is 12.1. The van der Waals surface area contributed by atoms with Crippen molar-refractivity contribution in [2.24, 2.45) is 35.3 Å². The number of allylic oxidation sites excluding steroid dienone is 3. The molecule has 0 bridgehead atoms. The molecule has 12 atom stereocenters. The van der Waals surface area contributed by atoms with Gasteiger partial charge in [0.2, 0.25) is 0 Å².